The van der Waals surface area contributed by atoms with E-state index in [1.165, 1.54) is 0 Å². The first-order valence-corrected chi connectivity index (χ1v) is 9.09. The van der Waals surface area contributed by atoms with Crippen LogP contribution in [0.3, 0.4) is 0 Å². The van der Waals surface area contributed by atoms with E-state index in [2.05, 4.69) is 20.8 Å². The molecular weight excluding hydrogens is 310 g/mol. The molecule has 0 bridgehead atoms. The lowest BCUT2D eigenvalue weighted by atomic mass is 9.69. The zero-order valence-corrected chi connectivity index (χ0v) is 15.6. The van der Waals surface area contributed by atoms with Gasteiger partial charge in [0.1, 0.15) is 5.78 Å². The molecule has 1 aliphatic carbocycles. The summed E-state index contributed by atoms with van der Waals surface area (Å²) >= 11 is 0. The van der Waals surface area contributed by atoms with Gasteiger partial charge in [-0.25, -0.2) is 0 Å². The van der Waals surface area contributed by atoms with Crippen molar-refractivity contribution < 1.29 is 24.2 Å². The highest BCUT2D eigenvalue weighted by molar-refractivity contribution is 5.88. The Kier molecular flexibility index (Phi) is 5.75. The van der Waals surface area contributed by atoms with E-state index in [1.807, 2.05) is 6.92 Å². The molecule has 138 valence electrons. The first-order chi connectivity index (χ1) is 11.0. The molecule has 4 atom stereocenters. The fraction of sp³-hybridized carbons (Fsp3) is 0.895. The number of aliphatic carboxylic acids is 1. The Labute approximate surface area is 145 Å². The Morgan fingerprint density at radius 2 is 1.88 bits per heavy atom. The molecule has 0 spiro atoms. The first-order valence-electron chi connectivity index (χ1n) is 9.09. The second-order valence-corrected chi connectivity index (χ2v) is 8.71. The van der Waals surface area contributed by atoms with Crippen molar-refractivity contribution in [1.29, 1.82) is 0 Å². The molecular formula is C19H32O5. The van der Waals surface area contributed by atoms with Gasteiger partial charge in [-0.1, -0.05) is 27.7 Å². The highest BCUT2D eigenvalue weighted by Crippen LogP contribution is 2.39. The Balaban J connectivity index is 1.97. The predicted octanol–water partition coefficient (Wildman–Crippen LogP) is 3.51. The maximum Gasteiger partial charge on any atom is 0.306 e. The average Bonchev–Trinajstić information content (AvgIpc) is 2.50. The molecule has 0 aromatic heterocycles. The zero-order chi connectivity index (χ0) is 18.1. The maximum absolute atomic E-state index is 12.8. The number of hydrogen-bond donors (Lipinski definition) is 1. The first kappa shape index (κ1) is 19.4. The number of Topliss-reactive ketones (excluding diaryl/α,β-unsaturated/α-hetero) is 1. The third kappa shape index (κ3) is 4.37. The van der Waals surface area contributed by atoms with Gasteiger partial charge in [-0.05, 0) is 32.1 Å². The topological polar surface area (TPSA) is 72.8 Å². The van der Waals surface area contributed by atoms with Gasteiger partial charge >= 0.3 is 5.97 Å². The summed E-state index contributed by atoms with van der Waals surface area (Å²) in [5, 5.41) is 9.24. The van der Waals surface area contributed by atoms with E-state index in [0.29, 0.717) is 38.4 Å². The lowest BCUT2D eigenvalue weighted by molar-refractivity contribution is -0.293. The molecule has 1 saturated heterocycles. The van der Waals surface area contributed by atoms with Crippen LogP contribution in [0.4, 0.5) is 0 Å². The van der Waals surface area contributed by atoms with Gasteiger partial charge in [0.25, 0.3) is 0 Å². The minimum Gasteiger partial charge on any atom is -0.481 e. The fourth-order valence-corrected chi connectivity index (χ4v) is 3.78. The number of carbonyl (C=O) groups excluding carboxylic acids is 1. The third-order valence-electron chi connectivity index (χ3n) is 5.79. The summed E-state index contributed by atoms with van der Waals surface area (Å²) in [6, 6.07) is 0. The molecule has 1 heterocycles. The van der Waals surface area contributed by atoms with Crippen LogP contribution in [0.5, 0.6) is 0 Å². The fourth-order valence-electron chi connectivity index (χ4n) is 3.78. The summed E-state index contributed by atoms with van der Waals surface area (Å²) in [6.07, 6.45) is 2.95. The SMILES string of the molecule is C[C@@H]1CC[C@@H]([C@@H]([14CH3])C(=O)O)C(=O)[C@H]1CCC1(C)OCC(C)(C)CO1. The van der Waals surface area contributed by atoms with Crippen molar-refractivity contribution in [3.63, 3.8) is 0 Å². The standard InChI is InChI=1S/C19H32O5/c1-12-6-7-15(13(2)17(21)22)16(20)14(12)8-9-19(5)23-10-18(3,4)11-24-19/h12-15H,6-11H2,1-5H3,(H,21,22)/t12-,13-,14+,15+/m1/s1/i2+2. The molecule has 0 aromatic rings. The van der Waals surface area contributed by atoms with Gasteiger partial charge < -0.3 is 14.6 Å². The summed E-state index contributed by atoms with van der Waals surface area (Å²) in [5.41, 5.74) is 0.0233. The molecule has 24 heavy (non-hydrogen) atoms. The van der Waals surface area contributed by atoms with E-state index in [0.717, 1.165) is 6.42 Å². The van der Waals surface area contributed by atoms with Crippen molar-refractivity contribution in [2.45, 2.75) is 66.1 Å². The summed E-state index contributed by atoms with van der Waals surface area (Å²) < 4.78 is 11.9. The van der Waals surface area contributed by atoms with E-state index in [-0.39, 0.29) is 23.0 Å². The van der Waals surface area contributed by atoms with Gasteiger partial charge in [-0.15, -0.1) is 0 Å². The molecule has 1 aliphatic heterocycles. The Hall–Kier alpha value is -0.940. The number of ketones is 1. The van der Waals surface area contributed by atoms with E-state index >= 15 is 0 Å². The molecule has 5 nitrogen and oxygen atoms in total. The summed E-state index contributed by atoms with van der Waals surface area (Å²) in [6.45, 7) is 11.2. The minimum atomic E-state index is -0.880. The number of rotatable bonds is 5. The number of carbonyl (C=O) groups is 2. The van der Waals surface area contributed by atoms with Crippen molar-refractivity contribution >= 4 is 11.8 Å². The van der Waals surface area contributed by atoms with Crippen LogP contribution < -0.4 is 0 Å². The van der Waals surface area contributed by atoms with Crippen LogP contribution in [0, 0.1) is 29.1 Å². The molecule has 1 N–H and O–H groups in total. The largest absolute Gasteiger partial charge is 0.481 e. The Bertz CT molecular complexity index is 474. The molecule has 0 unspecified atom stereocenters. The Morgan fingerprint density at radius 1 is 1.29 bits per heavy atom. The van der Waals surface area contributed by atoms with Gasteiger partial charge in [0.05, 0.1) is 19.1 Å². The second-order valence-electron chi connectivity index (χ2n) is 8.71. The summed E-state index contributed by atoms with van der Waals surface area (Å²) in [7, 11) is 0. The smallest absolute Gasteiger partial charge is 0.306 e. The number of carboxylic acid groups (broad SMARTS) is 1. The van der Waals surface area contributed by atoms with Crippen LogP contribution in [0.2, 0.25) is 0 Å². The number of carboxylic acids is 1. The van der Waals surface area contributed by atoms with Crippen molar-refractivity contribution in [3.05, 3.63) is 0 Å². The van der Waals surface area contributed by atoms with Crippen molar-refractivity contribution in [3.8, 4) is 0 Å². The normalized spacial score (nSPS) is 33.9. The predicted molar refractivity (Wildman–Crippen MR) is 90.5 cm³/mol. The minimum absolute atomic E-state index is 0.0233. The highest BCUT2D eigenvalue weighted by atomic mass is 16.7. The van der Waals surface area contributed by atoms with Crippen molar-refractivity contribution in [1.82, 2.24) is 0 Å². The van der Waals surface area contributed by atoms with E-state index in [9.17, 15) is 14.7 Å². The summed E-state index contributed by atoms with van der Waals surface area (Å²) in [4.78, 5) is 24.1. The van der Waals surface area contributed by atoms with E-state index in [1.54, 1.807) is 6.92 Å². The number of hydrogen-bond acceptors (Lipinski definition) is 4. The second kappa shape index (κ2) is 7.12. The number of ether oxygens (including phenoxy) is 2. The quantitative estimate of drug-likeness (QED) is 0.828. The van der Waals surface area contributed by atoms with Gasteiger partial charge in [0, 0.05) is 23.7 Å². The molecule has 1 saturated carbocycles. The van der Waals surface area contributed by atoms with E-state index < -0.39 is 17.7 Å². The van der Waals surface area contributed by atoms with Crippen molar-refractivity contribution in [2.24, 2.45) is 29.1 Å². The van der Waals surface area contributed by atoms with Gasteiger partial charge in [-0.3, -0.25) is 9.59 Å². The van der Waals surface area contributed by atoms with E-state index in [4.69, 9.17) is 9.47 Å². The Morgan fingerprint density at radius 3 is 2.42 bits per heavy atom. The van der Waals surface area contributed by atoms with Crippen LogP contribution in [-0.4, -0.2) is 35.9 Å². The highest BCUT2D eigenvalue weighted by Gasteiger charge is 2.43. The maximum atomic E-state index is 12.8. The van der Waals surface area contributed by atoms with Crippen LogP contribution in [0.15, 0.2) is 0 Å². The molecule has 0 aromatic carbocycles. The monoisotopic (exact) mass is 342 g/mol. The van der Waals surface area contributed by atoms with Crippen molar-refractivity contribution in [2.75, 3.05) is 13.2 Å². The lowest BCUT2D eigenvalue weighted by Crippen LogP contribution is -2.46. The molecule has 2 aliphatic rings. The van der Waals surface area contributed by atoms with Crippen LogP contribution in [-0.2, 0) is 19.1 Å². The van der Waals surface area contributed by atoms with Gasteiger partial charge in [-0.2, -0.15) is 0 Å². The average molecular weight is 342 g/mol. The van der Waals surface area contributed by atoms with Crippen LogP contribution in [0.25, 0.3) is 0 Å². The summed E-state index contributed by atoms with van der Waals surface area (Å²) in [5.74, 6) is -2.17. The lowest BCUT2D eigenvalue weighted by Gasteiger charge is -2.43. The molecule has 2 rings (SSSR count). The molecule has 0 amide bonds. The molecule has 2 fully saturated rings. The van der Waals surface area contributed by atoms with Gasteiger partial charge in [0.2, 0.25) is 0 Å². The molecule has 5 heteroatoms. The third-order valence-corrected chi connectivity index (χ3v) is 5.79. The van der Waals surface area contributed by atoms with Gasteiger partial charge in [0.15, 0.2) is 5.79 Å². The molecule has 0 radical (unpaired) electrons. The van der Waals surface area contributed by atoms with Crippen LogP contribution >= 0.6 is 0 Å². The van der Waals surface area contributed by atoms with Crippen LogP contribution in [0.1, 0.15) is 60.3 Å². The zero-order valence-electron chi connectivity index (χ0n) is 15.6.